The molecule has 8 nitrogen and oxygen atoms in total. The van der Waals surface area contributed by atoms with E-state index in [1.807, 2.05) is 25.1 Å². The number of nitrogens with one attached hydrogen (secondary N) is 1. The van der Waals surface area contributed by atoms with E-state index in [1.165, 1.54) is 10.6 Å². The van der Waals surface area contributed by atoms with Gasteiger partial charge in [0.05, 0.1) is 12.8 Å². The van der Waals surface area contributed by atoms with Crippen molar-refractivity contribution in [3.8, 4) is 28.5 Å². The van der Waals surface area contributed by atoms with Crippen LogP contribution in [0.3, 0.4) is 0 Å². The summed E-state index contributed by atoms with van der Waals surface area (Å²) in [6, 6.07) is 7.16. The van der Waals surface area contributed by atoms with E-state index in [-0.39, 0.29) is 5.56 Å². The molecule has 0 bridgehead atoms. The van der Waals surface area contributed by atoms with Crippen LogP contribution < -0.4 is 10.3 Å². The fourth-order valence-electron chi connectivity index (χ4n) is 2.67. The van der Waals surface area contributed by atoms with Gasteiger partial charge in [0.25, 0.3) is 11.4 Å². The number of aromatic amines is 1. The van der Waals surface area contributed by atoms with Crippen LogP contribution in [0.25, 0.3) is 28.4 Å². The van der Waals surface area contributed by atoms with Gasteiger partial charge < -0.3 is 9.26 Å². The molecule has 3 heterocycles. The largest absolute Gasteiger partial charge is 0.496 e. The molecule has 0 radical (unpaired) electrons. The van der Waals surface area contributed by atoms with Crippen LogP contribution in [0.1, 0.15) is 11.4 Å². The Morgan fingerprint density at radius 3 is 2.76 bits per heavy atom. The highest BCUT2D eigenvalue weighted by Gasteiger charge is 2.16. The van der Waals surface area contributed by atoms with Crippen molar-refractivity contribution in [1.82, 2.24) is 24.7 Å². The highest BCUT2D eigenvalue weighted by molar-refractivity contribution is 5.74. The Balaban J connectivity index is 1.93. The third kappa shape index (κ3) is 2.47. The predicted molar refractivity (Wildman–Crippen MR) is 90.6 cm³/mol. The van der Waals surface area contributed by atoms with Crippen LogP contribution in [-0.4, -0.2) is 31.8 Å². The number of H-pyrrole nitrogens is 1. The number of ether oxygens (including phenoxy) is 1. The number of methoxy groups -OCH3 is 1. The maximum Gasteiger partial charge on any atom is 0.273 e. The number of aryl methyl sites for hydroxylation is 2. The minimum Gasteiger partial charge on any atom is -0.496 e. The Morgan fingerprint density at radius 2 is 2.04 bits per heavy atom. The minimum atomic E-state index is -0.234. The Labute approximate surface area is 142 Å². The fourth-order valence-corrected chi connectivity index (χ4v) is 2.67. The molecule has 0 saturated heterocycles. The predicted octanol–water partition coefficient (Wildman–Crippen LogP) is 2.37. The first-order valence-electron chi connectivity index (χ1n) is 7.63. The van der Waals surface area contributed by atoms with E-state index < -0.39 is 0 Å². The molecule has 0 aliphatic carbocycles. The number of fused-ring (bicyclic) bond motifs is 1. The molecule has 0 aliphatic heterocycles. The average Bonchev–Trinajstić information content (AvgIpc) is 3.21. The lowest BCUT2D eigenvalue weighted by Crippen LogP contribution is -2.14. The first-order chi connectivity index (χ1) is 12.1. The standard InChI is InChI=1S/C17H15N5O3/c1-9-4-5-11(6-14(9)24-3)13-7-15(23)22-16(20-13)12(8-18-22)17-19-10(2)21-25-17/h4-8,18H,1-3H3. The summed E-state index contributed by atoms with van der Waals surface area (Å²) in [5, 5.41) is 6.65. The Kier molecular flexibility index (Phi) is 3.38. The van der Waals surface area contributed by atoms with Crippen molar-refractivity contribution >= 4 is 5.65 Å². The number of nitrogens with zero attached hydrogens (tertiary/aromatic N) is 4. The second kappa shape index (κ2) is 5.59. The molecule has 1 aromatic carbocycles. The topological polar surface area (TPSA) is 98.3 Å². The van der Waals surface area contributed by atoms with E-state index in [0.717, 1.165) is 16.9 Å². The Morgan fingerprint density at radius 1 is 1.20 bits per heavy atom. The Bertz CT molecular complexity index is 1140. The van der Waals surface area contributed by atoms with Gasteiger partial charge in [0.1, 0.15) is 11.3 Å². The zero-order chi connectivity index (χ0) is 17.6. The lowest BCUT2D eigenvalue weighted by atomic mass is 10.1. The first-order valence-corrected chi connectivity index (χ1v) is 7.63. The number of hydrogen-bond acceptors (Lipinski definition) is 6. The van der Waals surface area contributed by atoms with Crippen LogP contribution in [0.15, 0.2) is 39.8 Å². The van der Waals surface area contributed by atoms with Crippen LogP contribution >= 0.6 is 0 Å². The molecule has 0 unspecified atom stereocenters. The molecule has 0 spiro atoms. The van der Waals surface area contributed by atoms with Crippen molar-refractivity contribution in [2.24, 2.45) is 0 Å². The SMILES string of the molecule is COc1cc(-c2cc(=O)n3[nH]cc(-c4nc(C)no4)c3n2)ccc1C. The highest BCUT2D eigenvalue weighted by atomic mass is 16.5. The summed E-state index contributed by atoms with van der Waals surface area (Å²) < 4.78 is 11.9. The molecule has 0 atom stereocenters. The number of hydrogen-bond donors (Lipinski definition) is 1. The van der Waals surface area contributed by atoms with Crippen molar-refractivity contribution in [3.05, 3.63) is 52.2 Å². The van der Waals surface area contributed by atoms with Crippen molar-refractivity contribution in [1.29, 1.82) is 0 Å². The highest BCUT2D eigenvalue weighted by Crippen LogP contribution is 2.27. The van der Waals surface area contributed by atoms with Crippen LogP contribution in [0.2, 0.25) is 0 Å². The van der Waals surface area contributed by atoms with Gasteiger partial charge >= 0.3 is 0 Å². The van der Waals surface area contributed by atoms with E-state index in [2.05, 4.69) is 20.2 Å². The molecule has 4 rings (SSSR count). The summed E-state index contributed by atoms with van der Waals surface area (Å²) in [6.45, 7) is 3.68. The molecule has 3 aromatic heterocycles. The van der Waals surface area contributed by atoms with Crippen molar-refractivity contribution in [2.45, 2.75) is 13.8 Å². The van der Waals surface area contributed by atoms with Crippen LogP contribution in [0, 0.1) is 13.8 Å². The summed E-state index contributed by atoms with van der Waals surface area (Å²) in [7, 11) is 1.61. The summed E-state index contributed by atoms with van der Waals surface area (Å²) >= 11 is 0. The molecule has 0 aliphatic rings. The van der Waals surface area contributed by atoms with Gasteiger partial charge in [-0.1, -0.05) is 17.3 Å². The Hall–Kier alpha value is -3.42. The van der Waals surface area contributed by atoms with Gasteiger partial charge in [0, 0.05) is 17.8 Å². The quantitative estimate of drug-likeness (QED) is 0.616. The average molecular weight is 337 g/mol. The van der Waals surface area contributed by atoms with Gasteiger partial charge in [0.2, 0.25) is 0 Å². The van der Waals surface area contributed by atoms with Gasteiger partial charge in [0.15, 0.2) is 11.5 Å². The lowest BCUT2D eigenvalue weighted by molar-refractivity contribution is 0.412. The molecule has 0 saturated carbocycles. The first kappa shape index (κ1) is 15.1. The molecule has 1 N–H and O–H groups in total. The van der Waals surface area contributed by atoms with Crippen molar-refractivity contribution < 1.29 is 9.26 Å². The maximum absolute atomic E-state index is 12.4. The van der Waals surface area contributed by atoms with E-state index >= 15 is 0 Å². The fraction of sp³-hybridized carbons (Fsp3) is 0.176. The molecule has 8 heteroatoms. The molecule has 4 aromatic rings. The summed E-state index contributed by atoms with van der Waals surface area (Å²) in [5.41, 5.74) is 3.09. The number of rotatable bonds is 3. The second-order valence-corrected chi connectivity index (χ2v) is 5.66. The van der Waals surface area contributed by atoms with Crippen LogP contribution in [0.5, 0.6) is 5.75 Å². The monoisotopic (exact) mass is 337 g/mol. The molecular formula is C17H15N5O3. The zero-order valence-electron chi connectivity index (χ0n) is 13.9. The third-order valence-electron chi connectivity index (χ3n) is 3.96. The minimum absolute atomic E-state index is 0.234. The molecule has 25 heavy (non-hydrogen) atoms. The van der Waals surface area contributed by atoms with Crippen molar-refractivity contribution in [2.75, 3.05) is 7.11 Å². The van der Waals surface area contributed by atoms with Crippen LogP contribution in [-0.2, 0) is 0 Å². The molecule has 0 fully saturated rings. The molecule has 126 valence electrons. The molecule has 0 amide bonds. The summed E-state index contributed by atoms with van der Waals surface area (Å²) in [5.74, 6) is 1.55. The number of aromatic nitrogens is 5. The lowest BCUT2D eigenvalue weighted by Gasteiger charge is -2.07. The third-order valence-corrected chi connectivity index (χ3v) is 3.96. The number of benzene rings is 1. The van der Waals surface area contributed by atoms with E-state index in [0.29, 0.717) is 28.6 Å². The summed E-state index contributed by atoms with van der Waals surface area (Å²) in [6.07, 6.45) is 1.62. The summed E-state index contributed by atoms with van der Waals surface area (Å²) in [4.78, 5) is 21.2. The van der Waals surface area contributed by atoms with E-state index in [1.54, 1.807) is 20.2 Å². The van der Waals surface area contributed by atoms with E-state index in [4.69, 9.17) is 9.26 Å². The van der Waals surface area contributed by atoms with Gasteiger partial charge in [-0.25, -0.2) is 9.50 Å². The maximum atomic E-state index is 12.4. The van der Waals surface area contributed by atoms with Gasteiger partial charge in [-0.15, -0.1) is 0 Å². The second-order valence-electron chi connectivity index (χ2n) is 5.66. The van der Waals surface area contributed by atoms with Gasteiger partial charge in [-0.05, 0) is 25.5 Å². The van der Waals surface area contributed by atoms with Gasteiger partial charge in [-0.2, -0.15) is 4.98 Å². The van der Waals surface area contributed by atoms with Crippen LogP contribution in [0.4, 0.5) is 0 Å². The van der Waals surface area contributed by atoms with E-state index in [9.17, 15) is 4.79 Å². The van der Waals surface area contributed by atoms with Crippen molar-refractivity contribution in [3.63, 3.8) is 0 Å². The normalized spacial score (nSPS) is 11.2. The van der Waals surface area contributed by atoms with Gasteiger partial charge in [-0.3, -0.25) is 9.89 Å². The molecular weight excluding hydrogens is 322 g/mol. The zero-order valence-corrected chi connectivity index (χ0v) is 13.9. The smallest absolute Gasteiger partial charge is 0.273 e.